The molecule has 0 aromatic rings. The van der Waals surface area contributed by atoms with Crippen molar-refractivity contribution < 1.29 is 92.8 Å². The molecule has 4 heterocycles. The molecule has 312 valence electrons. The average molecular weight is 791 g/mol. The summed E-state index contributed by atoms with van der Waals surface area (Å²) in [7, 11) is 0. The van der Waals surface area contributed by atoms with Gasteiger partial charge in [-0.1, -0.05) is 26.8 Å². The fourth-order valence-electron chi connectivity index (χ4n) is 9.09. The smallest absolute Gasteiger partial charge is 0.306 e. The zero-order valence-corrected chi connectivity index (χ0v) is 31.6. The number of rotatable bonds is 12. The fourth-order valence-corrected chi connectivity index (χ4v) is 9.09. The van der Waals surface area contributed by atoms with Gasteiger partial charge in [0.25, 0.3) is 0 Å². The molecule has 7 N–H and O–H groups in total. The van der Waals surface area contributed by atoms with Crippen molar-refractivity contribution in [2.45, 2.75) is 152 Å². The SMILES string of the molecule is CC(=O)OC[C@]12C[C@H](OC(=O)CC(C)C)C(C)=CC1OC1[C@H](OC3O[C@H](COC4O[C@H](CO)[C@@H](O)[C@H](O)[C@H]4O)[C@@H](O)[C@H](O)[C@H]3O)[C@@H](OC(C)=O)[C@@]2(C)C12CO2. The van der Waals surface area contributed by atoms with Gasteiger partial charge < -0.3 is 78.4 Å². The predicted molar refractivity (Wildman–Crippen MR) is 179 cm³/mol. The summed E-state index contributed by atoms with van der Waals surface area (Å²) >= 11 is 0. The number of carbonyl (C=O) groups excluding carboxylic acids is 3. The van der Waals surface area contributed by atoms with Crippen LogP contribution in [0.2, 0.25) is 0 Å². The van der Waals surface area contributed by atoms with Gasteiger partial charge in [-0.2, -0.15) is 0 Å². The standard InChI is InChI=1S/C36H54O19/c1-14(2)7-22(40)51-18-9-35(12-48-16(4)38)21(8-15(18)3)54-31-29(30(50-17(5)39)34(35,6)36(31)13-49-36)55-33-28(46)26(44)24(42)20(53-33)11-47-32-27(45)25(43)23(41)19(10-37)52-32/h8,14,18-21,23-33,37,41-46H,7,9-13H2,1-6H3/t18-,19+,20+,21?,23+,24+,25-,26-,27+,28+,29+,30+,31?,32?,33?,34+,35+,36?/m0/s1. The molecule has 0 aromatic heterocycles. The first-order chi connectivity index (χ1) is 25.8. The summed E-state index contributed by atoms with van der Waals surface area (Å²) in [4.78, 5) is 38.2. The first kappa shape index (κ1) is 42.2. The summed E-state index contributed by atoms with van der Waals surface area (Å²) in [5, 5.41) is 73.2. The van der Waals surface area contributed by atoms with Gasteiger partial charge in [-0.25, -0.2) is 0 Å². The van der Waals surface area contributed by atoms with E-state index in [0.717, 1.165) is 0 Å². The molecular weight excluding hydrogens is 736 g/mol. The molecule has 55 heavy (non-hydrogen) atoms. The van der Waals surface area contributed by atoms with E-state index in [1.165, 1.54) is 13.8 Å². The largest absolute Gasteiger partial charge is 0.465 e. The molecule has 0 amide bonds. The second-order valence-electron chi connectivity index (χ2n) is 16.2. The second kappa shape index (κ2) is 15.8. The fraction of sp³-hybridized carbons (Fsp3) is 0.861. The van der Waals surface area contributed by atoms with Crippen LogP contribution in [0.1, 0.15) is 54.4 Å². The molecule has 5 unspecified atom stereocenters. The van der Waals surface area contributed by atoms with Gasteiger partial charge >= 0.3 is 17.9 Å². The van der Waals surface area contributed by atoms with Crippen molar-refractivity contribution in [3.8, 4) is 0 Å². The van der Waals surface area contributed by atoms with Gasteiger partial charge in [-0.3, -0.25) is 14.4 Å². The minimum Gasteiger partial charge on any atom is -0.465 e. The van der Waals surface area contributed by atoms with Gasteiger partial charge in [0.05, 0.1) is 36.8 Å². The zero-order valence-electron chi connectivity index (χ0n) is 31.6. The number of aliphatic hydroxyl groups excluding tert-OH is 7. The van der Waals surface area contributed by atoms with Crippen molar-refractivity contribution in [3.63, 3.8) is 0 Å². The summed E-state index contributed by atoms with van der Waals surface area (Å²) in [6.45, 7) is 8.34. The highest BCUT2D eigenvalue weighted by molar-refractivity contribution is 5.70. The molecular formula is C36H54O19. The number of ether oxygens (including phenoxy) is 9. The van der Waals surface area contributed by atoms with Crippen LogP contribution in [0.4, 0.5) is 0 Å². The van der Waals surface area contributed by atoms with Gasteiger partial charge in [-0.05, 0) is 18.4 Å². The lowest BCUT2D eigenvalue weighted by atomic mass is 9.51. The third-order valence-corrected chi connectivity index (χ3v) is 12.2. The number of aliphatic hydroxyl groups is 7. The van der Waals surface area contributed by atoms with Crippen molar-refractivity contribution in [2.24, 2.45) is 16.7 Å². The lowest BCUT2D eigenvalue weighted by Crippen LogP contribution is -2.68. The topological polar surface area (TPSA) is 279 Å². The van der Waals surface area contributed by atoms with Gasteiger partial charge in [0.2, 0.25) is 0 Å². The van der Waals surface area contributed by atoms with Crippen molar-refractivity contribution in [1.29, 1.82) is 0 Å². The molecule has 4 aliphatic heterocycles. The minimum atomic E-state index is -1.87. The van der Waals surface area contributed by atoms with E-state index in [1.54, 1.807) is 19.9 Å². The van der Waals surface area contributed by atoms with Crippen LogP contribution < -0.4 is 0 Å². The highest BCUT2D eigenvalue weighted by Crippen LogP contribution is 2.72. The molecule has 1 saturated carbocycles. The van der Waals surface area contributed by atoms with Gasteiger partial charge in [0.15, 0.2) is 12.6 Å². The molecule has 1 spiro atoms. The third-order valence-electron chi connectivity index (χ3n) is 12.2. The van der Waals surface area contributed by atoms with E-state index in [1.807, 2.05) is 13.8 Å². The van der Waals surface area contributed by atoms with Crippen molar-refractivity contribution in [1.82, 2.24) is 0 Å². The zero-order chi connectivity index (χ0) is 40.4. The van der Waals surface area contributed by atoms with E-state index in [4.69, 9.17) is 42.6 Å². The summed E-state index contributed by atoms with van der Waals surface area (Å²) < 4.78 is 54.0. The number of hydrogen-bond donors (Lipinski definition) is 7. The molecule has 6 aliphatic rings. The highest BCUT2D eigenvalue weighted by Gasteiger charge is 2.87. The number of fused-ring (bicyclic) bond motifs is 2. The Kier molecular flexibility index (Phi) is 12.1. The van der Waals surface area contributed by atoms with Crippen molar-refractivity contribution in [2.75, 3.05) is 26.4 Å². The van der Waals surface area contributed by atoms with Crippen LogP contribution >= 0.6 is 0 Å². The maximum Gasteiger partial charge on any atom is 0.306 e. The molecule has 19 heteroatoms. The minimum absolute atomic E-state index is 0.0273. The number of esters is 3. The van der Waals surface area contributed by atoms with Crippen LogP contribution in [0.3, 0.4) is 0 Å². The maximum absolute atomic E-state index is 13.0. The van der Waals surface area contributed by atoms with E-state index in [9.17, 15) is 50.1 Å². The Morgan fingerprint density at radius 2 is 1.49 bits per heavy atom. The molecule has 0 aromatic carbocycles. The first-order valence-corrected chi connectivity index (χ1v) is 18.6. The molecule has 2 bridgehead atoms. The normalized spacial score (nSPS) is 47.5. The van der Waals surface area contributed by atoms with E-state index in [0.29, 0.717) is 5.57 Å². The molecule has 6 rings (SSSR count). The third kappa shape index (κ3) is 7.23. The predicted octanol–water partition coefficient (Wildman–Crippen LogP) is -2.66. The van der Waals surface area contributed by atoms with Crippen molar-refractivity contribution >= 4 is 17.9 Å². The lowest BCUT2D eigenvalue weighted by molar-refractivity contribution is -0.341. The Morgan fingerprint density at radius 1 is 0.873 bits per heavy atom. The average Bonchev–Trinajstić information content (AvgIpc) is 3.90. The van der Waals surface area contributed by atoms with E-state index >= 15 is 0 Å². The van der Waals surface area contributed by atoms with E-state index in [-0.39, 0.29) is 32.0 Å². The second-order valence-corrected chi connectivity index (χ2v) is 16.2. The van der Waals surface area contributed by atoms with Crippen LogP contribution in [-0.4, -0.2) is 178 Å². The van der Waals surface area contributed by atoms with Crippen molar-refractivity contribution in [3.05, 3.63) is 11.6 Å². The summed E-state index contributed by atoms with van der Waals surface area (Å²) in [5.41, 5.74) is -3.04. The Bertz CT molecular complexity index is 1470. The van der Waals surface area contributed by atoms with Gasteiger partial charge in [0, 0.05) is 26.7 Å². The Hall–Kier alpha value is -2.37. The number of hydrogen-bond acceptors (Lipinski definition) is 19. The Labute approximate surface area is 317 Å². The highest BCUT2D eigenvalue weighted by atomic mass is 16.7. The maximum atomic E-state index is 13.0. The first-order valence-electron chi connectivity index (χ1n) is 18.6. The molecule has 18 atom stereocenters. The quantitative estimate of drug-likeness (QED) is 0.0460. The Balaban J connectivity index is 1.31. The number of carbonyl (C=O) groups is 3. The van der Waals surface area contributed by atoms with Crippen LogP contribution in [0.15, 0.2) is 11.6 Å². The van der Waals surface area contributed by atoms with Crippen LogP contribution in [-0.2, 0) is 57.0 Å². The molecule has 2 aliphatic carbocycles. The van der Waals surface area contributed by atoms with Gasteiger partial charge in [0.1, 0.15) is 85.5 Å². The monoisotopic (exact) mass is 790 g/mol. The summed E-state index contributed by atoms with van der Waals surface area (Å²) in [6.07, 6.45) is -19.8. The molecule has 5 fully saturated rings. The van der Waals surface area contributed by atoms with Crippen LogP contribution in [0.25, 0.3) is 0 Å². The summed E-state index contributed by atoms with van der Waals surface area (Å²) in [6, 6.07) is 0. The van der Waals surface area contributed by atoms with E-state index in [2.05, 4.69) is 0 Å². The van der Waals surface area contributed by atoms with E-state index < -0.39 is 139 Å². The lowest BCUT2D eigenvalue weighted by Gasteiger charge is -2.58. The number of epoxide rings is 1. The van der Waals surface area contributed by atoms with Gasteiger partial charge in [-0.15, -0.1) is 0 Å². The van der Waals surface area contributed by atoms with Crippen LogP contribution in [0.5, 0.6) is 0 Å². The molecule has 0 radical (unpaired) electrons. The van der Waals surface area contributed by atoms with Crippen LogP contribution in [0, 0.1) is 16.7 Å². The summed E-state index contributed by atoms with van der Waals surface area (Å²) in [5.74, 6) is -1.71. The molecule has 19 nitrogen and oxygen atoms in total. The Morgan fingerprint density at radius 3 is 2.07 bits per heavy atom. The molecule has 4 saturated heterocycles.